The summed E-state index contributed by atoms with van der Waals surface area (Å²) in [6.45, 7) is 12.7. The number of allylic oxidation sites excluding steroid dienone is 6. The summed E-state index contributed by atoms with van der Waals surface area (Å²) in [6, 6.07) is -1.14. The topological polar surface area (TPSA) is 195 Å². The Bertz CT molecular complexity index is 1760. The van der Waals surface area contributed by atoms with Crippen LogP contribution in [0.15, 0.2) is 47.6 Å². The van der Waals surface area contributed by atoms with Gasteiger partial charge in [-0.1, -0.05) is 71.1 Å². The quantitative estimate of drug-likeness (QED) is 0.156. The predicted octanol–water partition coefficient (Wildman–Crippen LogP) is 6.18. The van der Waals surface area contributed by atoms with E-state index in [1.165, 1.54) is 12.0 Å². The van der Waals surface area contributed by atoms with Crippen molar-refractivity contribution in [3.8, 4) is 0 Å². The minimum atomic E-state index is -2.43. The Labute approximate surface area is 387 Å². The molecule has 2 saturated heterocycles. The van der Waals surface area contributed by atoms with Crippen LogP contribution >= 0.6 is 0 Å². The molecule has 3 fully saturated rings. The van der Waals surface area contributed by atoms with Crippen molar-refractivity contribution < 1.29 is 63.0 Å². The zero-order valence-corrected chi connectivity index (χ0v) is 40.6. The molecule has 0 aromatic heterocycles. The molecular formula is C51H79NO13. The number of Topliss-reactive ketones (excluding diaryl/α,β-unsaturated/α-hetero) is 3. The Morgan fingerprint density at radius 2 is 1.57 bits per heavy atom. The Kier molecular flexibility index (Phi) is 21.0. The van der Waals surface area contributed by atoms with E-state index < -0.39 is 83.9 Å². The smallest absolute Gasteiger partial charge is 0.329 e. The van der Waals surface area contributed by atoms with Gasteiger partial charge in [0.05, 0.1) is 24.4 Å². The first-order valence-corrected chi connectivity index (χ1v) is 23.9. The minimum absolute atomic E-state index is 0.0193. The molecular weight excluding hydrogens is 835 g/mol. The Morgan fingerprint density at radius 3 is 2.25 bits per heavy atom. The Balaban J connectivity index is 1.70. The molecule has 0 unspecified atom stereocenters. The molecule has 1 amide bonds. The van der Waals surface area contributed by atoms with E-state index in [4.69, 9.17) is 23.7 Å². The normalized spacial score (nSPS) is 40.4. The summed E-state index contributed by atoms with van der Waals surface area (Å²) in [4.78, 5) is 71.8. The zero-order valence-electron chi connectivity index (χ0n) is 40.6. The average molecular weight is 914 g/mol. The highest BCUT2D eigenvalue weighted by Gasteiger charge is 2.53. The van der Waals surface area contributed by atoms with Gasteiger partial charge in [-0.25, -0.2) is 4.79 Å². The third kappa shape index (κ3) is 14.3. The Morgan fingerprint density at radius 1 is 0.846 bits per heavy atom. The number of carbonyl (C=O) groups excluding carboxylic acids is 5. The molecule has 4 rings (SSSR count). The number of piperidine rings is 1. The second kappa shape index (κ2) is 25.1. The van der Waals surface area contributed by atoms with E-state index in [-0.39, 0.29) is 54.8 Å². The fraction of sp³-hybridized carbons (Fsp3) is 0.745. The van der Waals surface area contributed by atoms with E-state index in [0.717, 1.165) is 12.0 Å². The van der Waals surface area contributed by atoms with Crippen molar-refractivity contribution in [3.63, 3.8) is 0 Å². The molecule has 3 heterocycles. The van der Waals surface area contributed by atoms with Crippen LogP contribution in [0, 0.1) is 35.5 Å². The number of hydrogen-bond donors (Lipinski definition) is 3. The van der Waals surface area contributed by atoms with Gasteiger partial charge < -0.3 is 43.9 Å². The van der Waals surface area contributed by atoms with Crippen LogP contribution in [0.3, 0.4) is 0 Å². The molecule has 14 nitrogen and oxygen atoms in total. The number of aliphatic hydroxyl groups excluding tert-OH is 2. The van der Waals surface area contributed by atoms with Crippen LogP contribution < -0.4 is 0 Å². The van der Waals surface area contributed by atoms with Crippen LogP contribution in [0.5, 0.6) is 0 Å². The van der Waals surface area contributed by atoms with E-state index in [0.29, 0.717) is 63.4 Å². The second-order valence-electron chi connectivity index (χ2n) is 19.6. The van der Waals surface area contributed by atoms with E-state index >= 15 is 0 Å². The van der Waals surface area contributed by atoms with Crippen LogP contribution in [-0.4, -0.2) is 132 Å². The second-order valence-corrected chi connectivity index (χ2v) is 19.6. The number of esters is 1. The van der Waals surface area contributed by atoms with E-state index in [9.17, 15) is 39.3 Å². The monoisotopic (exact) mass is 914 g/mol. The number of nitrogens with zero attached hydrogens (tertiary/aromatic N) is 1. The zero-order chi connectivity index (χ0) is 48.2. The van der Waals surface area contributed by atoms with Crippen molar-refractivity contribution in [2.45, 2.75) is 180 Å². The lowest BCUT2D eigenvalue weighted by Gasteiger charge is -2.42. The molecule has 3 N–H and O–H groups in total. The van der Waals surface area contributed by atoms with Crippen molar-refractivity contribution >= 4 is 29.2 Å². The molecule has 1 saturated carbocycles. The predicted molar refractivity (Wildman–Crippen MR) is 245 cm³/mol. The Hall–Kier alpha value is -3.37. The molecule has 0 aromatic carbocycles. The highest BCUT2D eigenvalue weighted by Crippen LogP contribution is 2.38. The molecule has 1 aliphatic carbocycles. The number of ketones is 3. The lowest BCUT2D eigenvalue weighted by atomic mass is 9.78. The van der Waals surface area contributed by atoms with Crippen molar-refractivity contribution in [2.24, 2.45) is 35.5 Å². The molecule has 0 aromatic rings. The molecule has 65 heavy (non-hydrogen) atoms. The molecule has 0 radical (unpaired) electrons. The summed E-state index contributed by atoms with van der Waals surface area (Å²) >= 11 is 0. The van der Waals surface area contributed by atoms with Crippen LogP contribution in [0.25, 0.3) is 0 Å². The third-order valence-corrected chi connectivity index (χ3v) is 14.5. The van der Waals surface area contributed by atoms with Gasteiger partial charge in [0.25, 0.3) is 11.7 Å². The molecule has 14 heteroatoms. The summed E-state index contributed by atoms with van der Waals surface area (Å²) in [6.07, 6.45) is 11.2. The number of hydrogen-bond acceptors (Lipinski definition) is 13. The fourth-order valence-electron chi connectivity index (χ4n) is 10.1. The number of fused-ring (bicyclic) bond motifs is 3. The highest BCUT2D eigenvalue weighted by molar-refractivity contribution is 6.39. The molecule has 3 aliphatic heterocycles. The number of ether oxygens (including phenoxy) is 5. The third-order valence-electron chi connectivity index (χ3n) is 14.5. The van der Waals surface area contributed by atoms with Gasteiger partial charge in [0.15, 0.2) is 5.78 Å². The van der Waals surface area contributed by atoms with Crippen LogP contribution in [0.1, 0.15) is 126 Å². The van der Waals surface area contributed by atoms with Gasteiger partial charge >= 0.3 is 5.97 Å². The van der Waals surface area contributed by atoms with Crippen molar-refractivity contribution in [1.82, 2.24) is 4.90 Å². The number of aliphatic hydroxyl groups is 3. The average Bonchev–Trinajstić information content (AvgIpc) is 3.28. The van der Waals surface area contributed by atoms with Gasteiger partial charge in [-0.15, -0.1) is 0 Å². The molecule has 0 spiro atoms. The van der Waals surface area contributed by atoms with Gasteiger partial charge in [-0.2, -0.15) is 0 Å². The maximum Gasteiger partial charge on any atom is 0.329 e. The van der Waals surface area contributed by atoms with Crippen molar-refractivity contribution in [1.29, 1.82) is 0 Å². The lowest BCUT2D eigenvalue weighted by Crippen LogP contribution is -2.61. The fourth-order valence-corrected chi connectivity index (χ4v) is 10.1. The van der Waals surface area contributed by atoms with Crippen LogP contribution in [0.4, 0.5) is 0 Å². The number of carbonyl (C=O) groups is 5. The molecule has 4 aliphatic rings. The summed E-state index contributed by atoms with van der Waals surface area (Å²) in [5, 5.41) is 33.8. The molecule has 366 valence electrons. The van der Waals surface area contributed by atoms with Gasteiger partial charge in [0.2, 0.25) is 5.79 Å². The van der Waals surface area contributed by atoms with Gasteiger partial charge in [-0.05, 0) is 107 Å². The standard InChI is InChI=1S/C51H79NO13/c1-30-16-12-11-13-17-31(2)42(61-8)28-38-21-19-36(7)51(60,65-38)48(57)49(58)52-23-15-14-18-39(52)50(59)64-43(33(4)26-37-20-22-40(53)44(27-37)62-9)29-41(54)32(3)25-35(6)46(56)47(63-10)45(55)34(5)24-30/h11-13,16-17,25,30,32-34,36-40,42-44,46-47,53,56,60H,14-15,18-24,26-29H2,1-10H3/b13-11+,16-12-,31-17+,35-25+/t30-,32-,33-,34-,36-,37+,38+,39+,40-,42-,43+,44-,46-,47+,51-/m1/s1. The maximum absolute atomic E-state index is 14.4. The van der Waals surface area contributed by atoms with Gasteiger partial charge in [-0.3, -0.25) is 19.2 Å². The highest BCUT2D eigenvalue weighted by atomic mass is 16.6. The summed E-state index contributed by atoms with van der Waals surface area (Å²) in [5.74, 6) is -7.96. The molecule has 15 atom stereocenters. The number of cyclic esters (lactones) is 1. The van der Waals surface area contributed by atoms with Crippen molar-refractivity contribution in [3.05, 3.63) is 47.6 Å². The van der Waals surface area contributed by atoms with Crippen molar-refractivity contribution in [2.75, 3.05) is 27.9 Å². The summed E-state index contributed by atoms with van der Waals surface area (Å²) < 4.78 is 29.4. The van der Waals surface area contributed by atoms with E-state index in [2.05, 4.69) is 0 Å². The first-order chi connectivity index (χ1) is 30.7. The molecule has 2 bridgehead atoms. The first-order valence-electron chi connectivity index (χ1n) is 23.9. The SMILES string of the molecule is CO[C@@H]1C[C@@H]2CC[C@@H](C)[C@@](O)(O2)C(=O)C(=O)N2CCCC[C@H]2C(=O)O[C@H]([C@H](C)C[C@@H]2CC[C@@H](O)[C@H](OC)C2)CC(=O)[C@H](C)/C=C(\C)[C@@H](O)[C@@H](OC)C(=O)[C@H](C)C[C@H](C)\C=C/C=C/C=C/1C. The number of methoxy groups -OCH3 is 3. The largest absolute Gasteiger partial charge is 0.460 e. The van der Waals surface area contributed by atoms with Crippen LogP contribution in [-0.2, 0) is 47.7 Å². The van der Waals surface area contributed by atoms with Crippen LogP contribution in [0.2, 0.25) is 0 Å². The van der Waals surface area contributed by atoms with Gasteiger partial charge in [0, 0.05) is 58.5 Å². The summed E-state index contributed by atoms with van der Waals surface area (Å²) in [5.41, 5.74) is 1.27. The van der Waals surface area contributed by atoms with Gasteiger partial charge in [0.1, 0.15) is 30.1 Å². The van der Waals surface area contributed by atoms with E-state index in [1.807, 2.05) is 58.1 Å². The first kappa shape index (κ1) is 54.2. The summed E-state index contributed by atoms with van der Waals surface area (Å²) in [7, 11) is 4.52. The maximum atomic E-state index is 14.4. The minimum Gasteiger partial charge on any atom is -0.460 e. The number of amides is 1. The van der Waals surface area contributed by atoms with E-state index in [1.54, 1.807) is 41.1 Å². The number of rotatable bonds is 6. The lowest BCUT2D eigenvalue weighted by molar-refractivity contribution is -0.265.